The topological polar surface area (TPSA) is 35.5 Å². The Morgan fingerprint density at radius 3 is 2.59 bits per heavy atom. The van der Waals surface area contributed by atoms with Gasteiger partial charge in [-0.15, -0.1) is 6.58 Å². The van der Waals surface area contributed by atoms with E-state index in [4.69, 9.17) is 5.11 Å². The van der Waals surface area contributed by atoms with E-state index in [2.05, 4.69) is 30.6 Å². The van der Waals surface area contributed by atoms with Gasteiger partial charge in [0, 0.05) is 13.1 Å². The molecule has 0 saturated heterocycles. The van der Waals surface area contributed by atoms with Gasteiger partial charge < -0.3 is 10.4 Å². The van der Waals surface area contributed by atoms with E-state index in [9.17, 15) is 0 Å². The summed E-state index contributed by atoms with van der Waals surface area (Å²) >= 11 is 0. The zero-order chi connectivity index (χ0) is 12.9. The van der Waals surface area contributed by atoms with Crippen LogP contribution in [0.3, 0.4) is 0 Å². The molecule has 2 N–H and O–H groups in total. The molecule has 0 aromatic heterocycles. The molecule has 0 aliphatic rings. The molecule has 3 heteroatoms. The molecule has 0 fully saturated rings. The van der Waals surface area contributed by atoms with Crippen LogP contribution in [0.4, 0.5) is 0 Å². The molecule has 0 spiro atoms. The number of rotatable bonds is 12. The minimum Gasteiger partial charge on any atom is -0.395 e. The predicted octanol–water partition coefficient (Wildman–Crippen LogP) is 1.88. The number of nitrogens with one attached hydrogen (secondary N) is 1. The largest absolute Gasteiger partial charge is 0.395 e. The minimum atomic E-state index is 0.240. The maximum absolute atomic E-state index is 8.90. The molecule has 0 aliphatic carbocycles. The van der Waals surface area contributed by atoms with Crippen LogP contribution in [-0.2, 0) is 0 Å². The molecule has 102 valence electrons. The van der Waals surface area contributed by atoms with Crippen LogP contribution in [0, 0.1) is 5.92 Å². The van der Waals surface area contributed by atoms with E-state index in [1.165, 1.54) is 19.3 Å². The van der Waals surface area contributed by atoms with Crippen LogP contribution < -0.4 is 5.32 Å². The van der Waals surface area contributed by atoms with E-state index in [1.54, 1.807) is 0 Å². The van der Waals surface area contributed by atoms with Gasteiger partial charge in [0.1, 0.15) is 0 Å². The van der Waals surface area contributed by atoms with Crippen molar-refractivity contribution in [2.45, 2.75) is 33.1 Å². The van der Waals surface area contributed by atoms with Crippen molar-refractivity contribution in [3.63, 3.8) is 0 Å². The van der Waals surface area contributed by atoms with E-state index in [-0.39, 0.29) is 6.61 Å². The highest BCUT2D eigenvalue weighted by atomic mass is 16.3. The quantitative estimate of drug-likeness (QED) is 0.405. The van der Waals surface area contributed by atoms with Gasteiger partial charge in [-0.25, -0.2) is 0 Å². The van der Waals surface area contributed by atoms with Crippen molar-refractivity contribution in [1.82, 2.24) is 10.2 Å². The van der Waals surface area contributed by atoms with Crippen molar-refractivity contribution in [1.29, 1.82) is 0 Å². The monoisotopic (exact) mass is 242 g/mol. The second kappa shape index (κ2) is 12.1. The summed E-state index contributed by atoms with van der Waals surface area (Å²) in [6, 6.07) is 0. The number of unbranched alkanes of at least 4 members (excludes halogenated alkanes) is 2. The van der Waals surface area contributed by atoms with E-state index in [0.29, 0.717) is 0 Å². The molecule has 0 aromatic carbocycles. The lowest BCUT2D eigenvalue weighted by molar-refractivity contribution is 0.206. The van der Waals surface area contributed by atoms with Crippen LogP contribution >= 0.6 is 0 Å². The van der Waals surface area contributed by atoms with Gasteiger partial charge >= 0.3 is 0 Å². The first kappa shape index (κ1) is 16.6. The lowest BCUT2D eigenvalue weighted by Gasteiger charge is -2.19. The minimum absolute atomic E-state index is 0.240. The zero-order valence-corrected chi connectivity index (χ0v) is 11.6. The zero-order valence-electron chi connectivity index (χ0n) is 11.6. The molecule has 17 heavy (non-hydrogen) atoms. The average molecular weight is 242 g/mol. The summed E-state index contributed by atoms with van der Waals surface area (Å²) in [6.07, 6.45) is 5.61. The summed E-state index contributed by atoms with van der Waals surface area (Å²) in [7, 11) is 0. The van der Waals surface area contributed by atoms with Crippen LogP contribution in [0.2, 0.25) is 0 Å². The Bertz CT molecular complexity index is 172. The Balaban J connectivity index is 3.32. The third-order valence-corrected chi connectivity index (χ3v) is 2.68. The Hall–Kier alpha value is -0.380. The molecular formula is C14H30N2O. The van der Waals surface area contributed by atoms with E-state index in [0.717, 1.165) is 38.6 Å². The molecule has 0 saturated carbocycles. The van der Waals surface area contributed by atoms with E-state index < -0.39 is 0 Å². The third-order valence-electron chi connectivity index (χ3n) is 2.68. The first-order valence-electron chi connectivity index (χ1n) is 6.85. The van der Waals surface area contributed by atoms with Crippen LogP contribution in [0.15, 0.2) is 12.7 Å². The van der Waals surface area contributed by atoms with Crippen molar-refractivity contribution in [3.05, 3.63) is 12.7 Å². The van der Waals surface area contributed by atoms with Crippen LogP contribution in [0.5, 0.6) is 0 Å². The van der Waals surface area contributed by atoms with E-state index in [1.807, 2.05) is 6.08 Å². The first-order chi connectivity index (χ1) is 8.20. The Labute approximate surface area is 107 Å². The molecular weight excluding hydrogens is 212 g/mol. The lowest BCUT2D eigenvalue weighted by Crippen LogP contribution is -2.28. The second-order valence-corrected chi connectivity index (χ2v) is 4.97. The van der Waals surface area contributed by atoms with Crippen LogP contribution in [0.1, 0.15) is 33.1 Å². The highest BCUT2D eigenvalue weighted by Crippen LogP contribution is 1.99. The number of hydrogen-bond acceptors (Lipinski definition) is 3. The van der Waals surface area contributed by atoms with Crippen molar-refractivity contribution in [2.24, 2.45) is 5.92 Å². The van der Waals surface area contributed by atoms with Crippen molar-refractivity contribution >= 4 is 0 Å². The maximum atomic E-state index is 8.90. The maximum Gasteiger partial charge on any atom is 0.0558 e. The molecule has 0 amide bonds. The Kier molecular flexibility index (Phi) is 11.8. The fourth-order valence-electron chi connectivity index (χ4n) is 1.77. The van der Waals surface area contributed by atoms with Gasteiger partial charge in [0.15, 0.2) is 0 Å². The van der Waals surface area contributed by atoms with Gasteiger partial charge in [-0.2, -0.15) is 0 Å². The van der Waals surface area contributed by atoms with Gasteiger partial charge in [0.05, 0.1) is 6.61 Å². The summed E-state index contributed by atoms with van der Waals surface area (Å²) in [5.74, 6) is 0.739. The number of aliphatic hydroxyl groups excluding tert-OH is 1. The molecule has 0 aromatic rings. The summed E-state index contributed by atoms with van der Waals surface area (Å²) < 4.78 is 0. The molecule has 0 rings (SSSR count). The van der Waals surface area contributed by atoms with E-state index >= 15 is 0 Å². The lowest BCUT2D eigenvalue weighted by atomic mass is 10.2. The SMILES string of the molecule is C=CCN(CCO)CCCCCNCC(C)C. The van der Waals surface area contributed by atoms with Crippen molar-refractivity contribution in [3.8, 4) is 0 Å². The van der Waals surface area contributed by atoms with Gasteiger partial charge in [0.25, 0.3) is 0 Å². The second-order valence-electron chi connectivity index (χ2n) is 4.97. The highest BCUT2D eigenvalue weighted by Gasteiger charge is 2.01. The summed E-state index contributed by atoms with van der Waals surface area (Å²) in [5.41, 5.74) is 0. The summed E-state index contributed by atoms with van der Waals surface area (Å²) in [4.78, 5) is 2.24. The van der Waals surface area contributed by atoms with Crippen LogP contribution in [0.25, 0.3) is 0 Å². The highest BCUT2D eigenvalue weighted by molar-refractivity contribution is 4.73. The predicted molar refractivity (Wildman–Crippen MR) is 75.3 cm³/mol. The molecule has 0 bridgehead atoms. The smallest absolute Gasteiger partial charge is 0.0558 e. The van der Waals surface area contributed by atoms with Crippen molar-refractivity contribution in [2.75, 3.05) is 39.3 Å². The van der Waals surface area contributed by atoms with Gasteiger partial charge in [-0.1, -0.05) is 26.3 Å². The summed E-state index contributed by atoms with van der Waals surface area (Å²) in [5, 5.41) is 12.4. The van der Waals surface area contributed by atoms with Gasteiger partial charge in [0.2, 0.25) is 0 Å². The number of nitrogens with zero attached hydrogens (tertiary/aromatic N) is 1. The summed E-state index contributed by atoms with van der Waals surface area (Å²) in [6.45, 7) is 13.4. The molecule has 0 unspecified atom stereocenters. The molecule has 3 nitrogen and oxygen atoms in total. The average Bonchev–Trinajstić information content (AvgIpc) is 2.28. The fraction of sp³-hybridized carbons (Fsp3) is 0.857. The Morgan fingerprint density at radius 1 is 1.24 bits per heavy atom. The van der Waals surface area contributed by atoms with Crippen molar-refractivity contribution < 1.29 is 5.11 Å². The third kappa shape index (κ3) is 11.9. The number of aliphatic hydroxyl groups is 1. The first-order valence-corrected chi connectivity index (χ1v) is 6.85. The van der Waals surface area contributed by atoms with Crippen LogP contribution in [-0.4, -0.2) is 49.3 Å². The van der Waals surface area contributed by atoms with Gasteiger partial charge in [-0.3, -0.25) is 4.90 Å². The Morgan fingerprint density at radius 2 is 2.00 bits per heavy atom. The standard InChI is InChI=1S/C14H30N2O/c1-4-9-16(11-12-17)10-7-5-6-8-15-13-14(2)3/h4,14-15,17H,1,5-13H2,2-3H3. The molecule has 0 heterocycles. The molecule has 0 atom stereocenters. The fourth-order valence-corrected chi connectivity index (χ4v) is 1.77. The number of hydrogen-bond donors (Lipinski definition) is 2. The molecule has 0 radical (unpaired) electrons. The van der Waals surface area contributed by atoms with Gasteiger partial charge in [-0.05, 0) is 38.4 Å². The molecule has 0 aliphatic heterocycles. The normalized spacial score (nSPS) is 11.4.